The minimum absolute atomic E-state index is 0.185. The van der Waals surface area contributed by atoms with Crippen LogP contribution in [-0.4, -0.2) is 25.2 Å². The highest BCUT2D eigenvalue weighted by Crippen LogP contribution is 2.13. The highest BCUT2D eigenvalue weighted by atomic mass is 35.5. The third-order valence-corrected chi connectivity index (χ3v) is 3.79. The summed E-state index contributed by atoms with van der Waals surface area (Å²) in [5.74, 6) is -2.37. The molecule has 0 aliphatic carbocycles. The lowest BCUT2D eigenvalue weighted by Gasteiger charge is -2.10. The molecule has 0 saturated carbocycles. The number of carboxylic acids is 1. The minimum Gasteiger partial charge on any atom is -0.503 e. The number of aromatic carboxylic acids is 1. The Morgan fingerprint density at radius 2 is 1.96 bits per heavy atom. The molecule has 3 rings (SSSR count). The van der Waals surface area contributed by atoms with Crippen LogP contribution in [0.3, 0.4) is 0 Å². The molecule has 0 bridgehead atoms. The van der Waals surface area contributed by atoms with E-state index < -0.39 is 28.3 Å². The van der Waals surface area contributed by atoms with Crippen molar-refractivity contribution in [3.63, 3.8) is 0 Å². The third kappa shape index (κ3) is 2.65. The van der Waals surface area contributed by atoms with Gasteiger partial charge in [-0.1, -0.05) is 23.7 Å². The van der Waals surface area contributed by atoms with Gasteiger partial charge in [0.15, 0.2) is 11.3 Å². The molecule has 3 aromatic rings. The zero-order chi connectivity index (χ0) is 17.4. The van der Waals surface area contributed by atoms with Crippen LogP contribution in [0.15, 0.2) is 52.4 Å². The fraction of sp³-hybridized carbons (Fsp3) is 0.0625. The second-order valence-electron chi connectivity index (χ2n) is 5.14. The van der Waals surface area contributed by atoms with Gasteiger partial charge in [-0.15, -0.1) is 0 Å². The number of carbonyl (C=O) groups is 1. The lowest BCUT2D eigenvalue weighted by atomic mass is 10.2. The number of hydrogen-bond donors (Lipinski definition) is 2. The lowest BCUT2D eigenvalue weighted by molar-refractivity contribution is 0.0694. The fourth-order valence-electron chi connectivity index (χ4n) is 2.41. The second-order valence-corrected chi connectivity index (χ2v) is 5.58. The van der Waals surface area contributed by atoms with E-state index in [9.17, 15) is 19.5 Å². The molecule has 0 atom stereocenters. The number of rotatable bonds is 3. The fourth-order valence-corrected chi connectivity index (χ4v) is 2.63. The molecular weight excluding hydrogens is 336 g/mol. The van der Waals surface area contributed by atoms with Gasteiger partial charge in [-0.05, 0) is 17.7 Å². The average Bonchev–Trinajstić information content (AvgIpc) is 2.53. The summed E-state index contributed by atoms with van der Waals surface area (Å²) in [4.78, 5) is 35.4. The Kier molecular flexibility index (Phi) is 3.86. The first kappa shape index (κ1) is 15.8. The van der Waals surface area contributed by atoms with Crippen LogP contribution in [-0.2, 0) is 6.54 Å². The minimum atomic E-state index is -1.48. The molecule has 2 heterocycles. The molecule has 7 nitrogen and oxygen atoms in total. The molecule has 122 valence electrons. The van der Waals surface area contributed by atoms with Gasteiger partial charge in [0.25, 0.3) is 5.56 Å². The number of aromatic nitrogens is 2. The first-order valence-electron chi connectivity index (χ1n) is 6.83. The van der Waals surface area contributed by atoms with Crippen LogP contribution in [0.25, 0.3) is 5.52 Å². The van der Waals surface area contributed by atoms with Crippen molar-refractivity contribution in [1.82, 2.24) is 8.97 Å². The molecule has 0 spiro atoms. The Bertz CT molecular complexity index is 1080. The Labute approximate surface area is 139 Å². The Morgan fingerprint density at radius 3 is 2.62 bits per heavy atom. The Morgan fingerprint density at radius 1 is 1.21 bits per heavy atom. The maximum Gasteiger partial charge on any atom is 0.341 e. The molecule has 24 heavy (non-hydrogen) atoms. The number of aromatic hydroxyl groups is 1. The average molecular weight is 347 g/mol. The molecule has 0 aliphatic heterocycles. The van der Waals surface area contributed by atoms with Crippen molar-refractivity contribution in [2.75, 3.05) is 0 Å². The number of carboxylic acid groups (broad SMARTS) is 1. The zero-order valence-electron chi connectivity index (χ0n) is 12.1. The van der Waals surface area contributed by atoms with Crippen molar-refractivity contribution in [1.29, 1.82) is 0 Å². The zero-order valence-corrected chi connectivity index (χ0v) is 12.9. The summed E-state index contributed by atoms with van der Waals surface area (Å²) >= 11 is 5.91. The van der Waals surface area contributed by atoms with Crippen molar-refractivity contribution in [2.24, 2.45) is 0 Å². The molecule has 8 heteroatoms. The molecule has 1 aromatic carbocycles. The summed E-state index contributed by atoms with van der Waals surface area (Å²) in [5, 5.41) is 19.5. The SMILES string of the molecule is O=C(O)c1cn2ccn(Cc3cccc(Cl)c3)c(=O)c2c(O)c1=O. The summed E-state index contributed by atoms with van der Waals surface area (Å²) in [6.07, 6.45) is 3.84. The van der Waals surface area contributed by atoms with Crippen LogP contribution < -0.4 is 11.0 Å². The predicted molar refractivity (Wildman–Crippen MR) is 87.1 cm³/mol. The number of pyridine rings is 1. The van der Waals surface area contributed by atoms with Gasteiger partial charge in [-0.25, -0.2) is 4.79 Å². The van der Waals surface area contributed by atoms with Gasteiger partial charge in [0.05, 0.1) is 6.54 Å². The van der Waals surface area contributed by atoms with Crippen molar-refractivity contribution < 1.29 is 15.0 Å². The first-order chi connectivity index (χ1) is 11.4. The van der Waals surface area contributed by atoms with E-state index in [1.165, 1.54) is 17.0 Å². The Balaban J connectivity index is 2.20. The normalized spacial score (nSPS) is 10.9. The van der Waals surface area contributed by atoms with Crippen LogP contribution >= 0.6 is 11.6 Å². The highest BCUT2D eigenvalue weighted by molar-refractivity contribution is 6.30. The van der Waals surface area contributed by atoms with Crippen LogP contribution in [0.4, 0.5) is 0 Å². The van der Waals surface area contributed by atoms with Crippen molar-refractivity contribution in [2.45, 2.75) is 6.54 Å². The van der Waals surface area contributed by atoms with Crippen molar-refractivity contribution in [3.05, 3.63) is 79.6 Å². The quantitative estimate of drug-likeness (QED) is 0.749. The smallest absolute Gasteiger partial charge is 0.341 e. The van der Waals surface area contributed by atoms with Crippen LogP contribution in [0.2, 0.25) is 5.02 Å². The van der Waals surface area contributed by atoms with Gasteiger partial charge in [0.1, 0.15) is 5.56 Å². The molecule has 2 aromatic heterocycles. The standard InChI is InChI=1S/C16H11ClN2O5/c17-10-3-1-2-9(6-10)7-19-5-4-18-8-11(16(23)24)13(20)14(21)12(18)15(19)22/h1-6,8,21H,7H2,(H,23,24). The van der Waals surface area contributed by atoms with E-state index in [-0.39, 0.29) is 12.1 Å². The van der Waals surface area contributed by atoms with Gasteiger partial charge in [0.2, 0.25) is 5.43 Å². The van der Waals surface area contributed by atoms with Crippen LogP contribution in [0, 0.1) is 0 Å². The molecule has 0 amide bonds. The van der Waals surface area contributed by atoms with E-state index >= 15 is 0 Å². The van der Waals surface area contributed by atoms with Crippen LogP contribution in [0.1, 0.15) is 15.9 Å². The molecule has 0 aliphatic rings. The summed E-state index contributed by atoms with van der Waals surface area (Å²) in [7, 11) is 0. The topological polar surface area (TPSA) is 101 Å². The molecule has 0 saturated heterocycles. The third-order valence-electron chi connectivity index (χ3n) is 3.55. The number of nitrogens with zero attached hydrogens (tertiary/aromatic N) is 2. The molecule has 0 radical (unpaired) electrons. The predicted octanol–water partition coefficient (Wildman–Crippen LogP) is 1.57. The number of hydrogen-bond acceptors (Lipinski definition) is 4. The summed E-state index contributed by atoms with van der Waals surface area (Å²) in [5.41, 5.74) is -1.85. The second kappa shape index (κ2) is 5.86. The highest BCUT2D eigenvalue weighted by Gasteiger charge is 2.18. The molecular formula is C16H11ClN2O5. The first-order valence-corrected chi connectivity index (χ1v) is 7.21. The van der Waals surface area contributed by atoms with Crippen molar-refractivity contribution >= 4 is 23.1 Å². The van der Waals surface area contributed by atoms with Gasteiger partial charge in [-0.3, -0.25) is 9.59 Å². The van der Waals surface area contributed by atoms with Gasteiger partial charge in [0, 0.05) is 23.6 Å². The van der Waals surface area contributed by atoms with E-state index in [0.29, 0.717) is 5.02 Å². The maximum atomic E-state index is 12.5. The van der Waals surface area contributed by atoms with Crippen molar-refractivity contribution in [3.8, 4) is 5.75 Å². The Hall–Kier alpha value is -3.06. The molecule has 2 N–H and O–H groups in total. The van der Waals surface area contributed by atoms with Gasteiger partial charge in [-0.2, -0.15) is 0 Å². The van der Waals surface area contributed by atoms with E-state index in [0.717, 1.165) is 16.2 Å². The maximum absolute atomic E-state index is 12.5. The summed E-state index contributed by atoms with van der Waals surface area (Å²) < 4.78 is 2.41. The van der Waals surface area contributed by atoms with E-state index in [2.05, 4.69) is 0 Å². The number of benzene rings is 1. The number of halogens is 1. The van der Waals surface area contributed by atoms with Gasteiger partial charge >= 0.3 is 5.97 Å². The molecule has 0 unspecified atom stereocenters. The van der Waals surface area contributed by atoms with Gasteiger partial charge < -0.3 is 19.2 Å². The van der Waals surface area contributed by atoms with E-state index in [4.69, 9.17) is 16.7 Å². The van der Waals surface area contributed by atoms with E-state index in [1.54, 1.807) is 24.3 Å². The molecule has 0 fully saturated rings. The largest absolute Gasteiger partial charge is 0.503 e. The number of fused-ring (bicyclic) bond motifs is 1. The summed E-state index contributed by atoms with van der Waals surface area (Å²) in [6.45, 7) is 0.185. The van der Waals surface area contributed by atoms with Crippen LogP contribution in [0.5, 0.6) is 5.75 Å². The van der Waals surface area contributed by atoms with E-state index in [1.807, 2.05) is 0 Å². The summed E-state index contributed by atoms with van der Waals surface area (Å²) in [6, 6.07) is 6.91. The monoisotopic (exact) mass is 346 g/mol. The lowest BCUT2D eigenvalue weighted by Crippen LogP contribution is -2.26.